The fraction of sp³-hybridized carbons (Fsp3) is 0.286. The van der Waals surface area contributed by atoms with Crippen LogP contribution in [0.1, 0.15) is 32.3 Å². The summed E-state index contributed by atoms with van der Waals surface area (Å²) < 4.78 is 28.6. The van der Waals surface area contributed by atoms with Gasteiger partial charge in [0.25, 0.3) is 10.0 Å². The zero-order valence-electron chi connectivity index (χ0n) is 21.3. The van der Waals surface area contributed by atoms with E-state index in [-0.39, 0.29) is 33.1 Å². The van der Waals surface area contributed by atoms with E-state index >= 15 is 0 Å². The molecule has 0 saturated carbocycles. The van der Waals surface area contributed by atoms with Crippen LogP contribution >= 0.6 is 23.2 Å². The number of nitrogens with zero attached hydrogens (tertiary/aromatic N) is 2. The number of hydrogen-bond acceptors (Lipinski definition) is 4. The first kappa shape index (κ1) is 29.5. The van der Waals surface area contributed by atoms with Crippen molar-refractivity contribution in [3.8, 4) is 0 Å². The summed E-state index contributed by atoms with van der Waals surface area (Å²) in [5.41, 5.74) is 0.875. The van der Waals surface area contributed by atoms with Crippen LogP contribution in [-0.2, 0) is 26.2 Å². The summed E-state index contributed by atoms with van der Waals surface area (Å²) in [5, 5.41) is 3.01. The zero-order chi connectivity index (χ0) is 27.7. The molecule has 7 nitrogen and oxygen atoms in total. The van der Waals surface area contributed by atoms with Gasteiger partial charge in [-0.1, -0.05) is 91.6 Å². The Labute approximate surface area is 234 Å². The van der Waals surface area contributed by atoms with E-state index in [9.17, 15) is 18.0 Å². The molecule has 3 aromatic rings. The van der Waals surface area contributed by atoms with Gasteiger partial charge in [-0.05, 0) is 42.7 Å². The summed E-state index contributed by atoms with van der Waals surface area (Å²) in [7, 11) is -4.22. The van der Waals surface area contributed by atoms with Crippen LogP contribution < -0.4 is 9.62 Å². The van der Waals surface area contributed by atoms with Crippen molar-refractivity contribution in [3.05, 3.63) is 94.5 Å². The number of amides is 2. The highest BCUT2D eigenvalue weighted by molar-refractivity contribution is 7.92. The summed E-state index contributed by atoms with van der Waals surface area (Å²) in [6, 6.07) is 20.8. The Morgan fingerprint density at radius 2 is 1.53 bits per heavy atom. The quantitative estimate of drug-likeness (QED) is 0.308. The number of benzene rings is 3. The molecule has 0 bridgehead atoms. The van der Waals surface area contributed by atoms with Crippen molar-refractivity contribution in [1.29, 1.82) is 0 Å². The van der Waals surface area contributed by atoms with E-state index < -0.39 is 28.5 Å². The van der Waals surface area contributed by atoms with Crippen molar-refractivity contribution in [3.63, 3.8) is 0 Å². The second-order valence-electron chi connectivity index (χ2n) is 8.62. The molecule has 0 aliphatic heterocycles. The number of sulfonamides is 1. The monoisotopic (exact) mass is 575 g/mol. The largest absolute Gasteiger partial charge is 0.354 e. The Balaban J connectivity index is 2.07. The molecule has 0 aliphatic carbocycles. The van der Waals surface area contributed by atoms with Crippen molar-refractivity contribution < 1.29 is 18.0 Å². The fourth-order valence-electron chi connectivity index (χ4n) is 3.98. The van der Waals surface area contributed by atoms with Gasteiger partial charge in [0.2, 0.25) is 11.8 Å². The summed E-state index contributed by atoms with van der Waals surface area (Å²) in [5.74, 6) is -0.847. The third-order valence-corrected chi connectivity index (χ3v) is 8.52. The maximum absolute atomic E-state index is 13.9. The van der Waals surface area contributed by atoms with Crippen LogP contribution in [0.5, 0.6) is 0 Å². The molecule has 202 valence electrons. The van der Waals surface area contributed by atoms with Gasteiger partial charge in [0.1, 0.15) is 12.6 Å². The molecule has 0 spiro atoms. The molecule has 1 atom stereocenters. The third kappa shape index (κ3) is 7.07. The molecule has 0 heterocycles. The molecule has 1 unspecified atom stereocenters. The van der Waals surface area contributed by atoms with Crippen molar-refractivity contribution in [1.82, 2.24) is 10.2 Å². The first-order chi connectivity index (χ1) is 18.2. The van der Waals surface area contributed by atoms with Gasteiger partial charge in [0, 0.05) is 13.1 Å². The molecule has 38 heavy (non-hydrogen) atoms. The highest BCUT2D eigenvalue weighted by Gasteiger charge is 2.34. The Bertz CT molecular complexity index is 1340. The van der Waals surface area contributed by atoms with Gasteiger partial charge < -0.3 is 10.2 Å². The summed E-state index contributed by atoms with van der Waals surface area (Å²) >= 11 is 12.7. The van der Waals surface area contributed by atoms with E-state index in [0.29, 0.717) is 13.0 Å². The molecule has 3 rings (SSSR count). The number of carbonyl (C=O) groups excluding carboxylic acids is 2. The molecule has 0 aromatic heterocycles. The second kappa shape index (κ2) is 13.6. The second-order valence-corrected chi connectivity index (χ2v) is 11.3. The van der Waals surface area contributed by atoms with Crippen LogP contribution in [0.15, 0.2) is 83.8 Å². The van der Waals surface area contributed by atoms with Crippen LogP contribution in [0.2, 0.25) is 10.0 Å². The van der Waals surface area contributed by atoms with Crippen molar-refractivity contribution in [2.45, 2.75) is 44.2 Å². The molecule has 1 N–H and O–H groups in total. The number of carbonyl (C=O) groups is 2. The number of halogens is 2. The number of nitrogens with one attached hydrogen (secondary N) is 1. The van der Waals surface area contributed by atoms with Crippen molar-refractivity contribution >= 4 is 50.7 Å². The number of hydrogen-bond donors (Lipinski definition) is 1. The van der Waals surface area contributed by atoms with E-state index in [1.807, 2.05) is 44.2 Å². The van der Waals surface area contributed by atoms with E-state index in [1.165, 1.54) is 29.2 Å². The summed E-state index contributed by atoms with van der Waals surface area (Å²) in [4.78, 5) is 28.4. The minimum Gasteiger partial charge on any atom is -0.354 e. The topological polar surface area (TPSA) is 86.8 Å². The molecule has 10 heteroatoms. The molecule has 3 aromatic carbocycles. The molecular formula is C28H31Cl2N3O4S. The Morgan fingerprint density at radius 3 is 2.13 bits per heavy atom. The van der Waals surface area contributed by atoms with E-state index in [4.69, 9.17) is 23.2 Å². The lowest BCUT2D eigenvalue weighted by molar-refractivity contribution is -0.140. The fourth-order valence-corrected chi connectivity index (χ4v) is 5.88. The predicted octanol–water partition coefficient (Wildman–Crippen LogP) is 5.52. The Morgan fingerprint density at radius 1 is 0.895 bits per heavy atom. The summed E-state index contributed by atoms with van der Waals surface area (Å²) in [6.07, 6.45) is 1.09. The van der Waals surface area contributed by atoms with Crippen LogP contribution in [-0.4, -0.2) is 44.3 Å². The lowest BCUT2D eigenvalue weighted by atomic mass is 10.1. The van der Waals surface area contributed by atoms with Gasteiger partial charge in [-0.3, -0.25) is 13.9 Å². The van der Waals surface area contributed by atoms with E-state index in [0.717, 1.165) is 16.3 Å². The Hall–Kier alpha value is -3.07. The van der Waals surface area contributed by atoms with Crippen molar-refractivity contribution in [2.75, 3.05) is 17.4 Å². The van der Waals surface area contributed by atoms with Gasteiger partial charge in [-0.2, -0.15) is 0 Å². The maximum atomic E-state index is 13.9. The maximum Gasteiger partial charge on any atom is 0.264 e. The zero-order valence-corrected chi connectivity index (χ0v) is 23.6. The first-order valence-corrected chi connectivity index (χ1v) is 14.5. The molecule has 0 fully saturated rings. The van der Waals surface area contributed by atoms with Crippen LogP contribution in [0.25, 0.3) is 0 Å². The average Bonchev–Trinajstić information content (AvgIpc) is 2.93. The smallest absolute Gasteiger partial charge is 0.264 e. The van der Waals surface area contributed by atoms with Gasteiger partial charge in [0.05, 0.1) is 20.6 Å². The van der Waals surface area contributed by atoms with Crippen LogP contribution in [0, 0.1) is 0 Å². The lowest BCUT2D eigenvalue weighted by Crippen LogP contribution is -2.52. The predicted molar refractivity (Wildman–Crippen MR) is 152 cm³/mol. The molecule has 0 aliphatic rings. The minimum atomic E-state index is -4.22. The van der Waals surface area contributed by atoms with Gasteiger partial charge in [0.15, 0.2) is 0 Å². The molecular weight excluding hydrogens is 545 g/mol. The van der Waals surface area contributed by atoms with Gasteiger partial charge >= 0.3 is 0 Å². The van der Waals surface area contributed by atoms with Crippen LogP contribution in [0.4, 0.5) is 5.69 Å². The first-order valence-electron chi connectivity index (χ1n) is 12.3. The standard InChI is InChI=1S/C28H31Cl2N3O4S/c1-3-18-31-28(35)24(4-2)32(19-21-12-7-5-8-13-21)26(34)20-33(25-17-11-16-23(29)27(25)30)38(36,37)22-14-9-6-10-15-22/h5-17,24H,3-4,18-20H2,1-2H3,(H,31,35). The SMILES string of the molecule is CCCNC(=O)C(CC)N(Cc1ccccc1)C(=O)CN(c1cccc(Cl)c1Cl)S(=O)(=O)c1ccccc1. The lowest BCUT2D eigenvalue weighted by Gasteiger charge is -2.33. The highest BCUT2D eigenvalue weighted by Crippen LogP contribution is 2.35. The Kier molecular flexibility index (Phi) is 10.6. The number of anilines is 1. The number of rotatable bonds is 12. The summed E-state index contributed by atoms with van der Waals surface area (Å²) in [6.45, 7) is 3.76. The van der Waals surface area contributed by atoms with Crippen LogP contribution in [0.3, 0.4) is 0 Å². The highest BCUT2D eigenvalue weighted by atomic mass is 35.5. The molecule has 0 radical (unpaired) electrons. The average molecular weight is 577 g/mol. The van der Waals surface area contributed by atoms with Gasteiger partial charge in [-0.25, -0.2) is 8.42 Å². The molecule has 0 saturated heterocycles. The van der Waals surface area contributed by atoms with E-state index in [1.54, 1.807) is 24.3 Å². The van der Waals surface area contributed by atoms with Crippen molar-refractivity contribution in [2.24, 2.45) is 0 Å². The van der Waals surface area contributed by atoms with E-state index in [2.05, 4.69) is 5.32 Å². The van der Waals surface area contributed by atoms with Gasteiger partial charge in [-0.15, -0.1) is 0 Å². The normalized spacial score (nSPS) is 12.0. The third-order valence-electron chi connectivity index (χ3n) is 5.94. The minimum absolute atomic E-state index is 0.00353. The molecule has 2 amide bonds.